The van der Waals surface area contributed by atoms with Crippen molar-refractivity contribution in [3.05, 3.63) is 35.7 Å². The molecular weight excluding hydrogens is 280 g/mol. The molecule has 7 nitrogen and oxygen atoms in total. The highest BCUT2D eigenvalue weighted by molar-refractivity contribution is 7.90. The monoisotopic (exact) mass is 294 g/mol. The van der Waals surface area contributed by atoms with E-state index in [2.05, 4.69) is 15.5 Å². The van der Waals surface area contributed by atoms with Crippen molar-refractivity contribution in [2.45, 2.75) is 11.8 Å². The Morgan fingerprint density at radius 3 is 2.35 bits per heavy atom. The van der Waals surface area contributed by atoms with Gasteiger partial charge in [0.25, 0.3) is 5.91 Å². The van der Waals surface area contributed by atoms with E-state index in [4.69, 9.17) is 5.73 Å². The largest absolute Gasteiger partial charge is 0.395 e. The number of nitrogens with one attached hydrogen (secondary N) is 2. The Hall–Kier alpha value is -2.35. The summed E-state index contributed by atoms with van der Waals surface area (Å²) in [6.07, 6.45) is 1.12. The molecule has 2 rings (SSSR count). The molecule has 0 bridgehead atoms. The Kier molecular flexibility index (Phi) is 3.49. The Morgan fingerprint density at radius 2 is 1.90 bits per heavy atom. The van der Waals surface area contributed by atoms with Gasteiger partial charge in [-0.15, -0.1) is 0 Å². The number of benzene rings is 1. The van der Waals surface area contributed by atoms with Crippen LogP contribution in [0.3, 0.4) is 0 Å². The van der Waals surface area contributed by atoms with Gasteiger partial charge in [-0.2, -0.15) is 5.10 Å². The minimum Gasteiger partial charge on any atom is -0.395 e. The standard InChI is InChI=1S/C12H14N4O3S/c1-7-10(13)11(16-15-7)12(17)14-8-3-5-9(6-4-8)20(2,18)19/h3-6H,13H2,1-2H3,(H,14,17)(H,15,16). The Bertz CT molecular complexity index is 748. The number of H-pyrrole nitrogens is 1. The van der Waals surface area contributed by atoms with E-state index in [1.807, 2.05) is 0 Å². The molecule has 0 aliphatic carbocycles. The number of hydrogen-bond acceptors (Lipinski definition) is 5. The van der Waals surface area contributed by atoms with Crippen molar-refractivity contribution in [1.82, 2.24) is 10.2 Å². The Morgan fingerprint density at radius 1 is 1.30 bits per heavy atom. The lowest BCUT2D eigenvalue weighted by atomic mass is 10.2. The van der Waals surface area contributed by atoms with E-state index >= 15 is 0 Å². The molecule has 0 radical (unpaired) electrons. The molecule has 1 amide bonds. The maximum Gasteiger partial charge on any atom is 0.278 e. The summed E-state index contributed by atoms with van der Waals surface area (Å²) in [5.74, 6) is -0.459. The summed E-state index contributed by atoms with van der Waals surface area (Å²) >= 11 is 0. The fourth-order valence-corrected chi connectivity index (χ4v) is 2.22. The van der Waals surface area contributed by atoms with Gasteiger partial charge in [-0.1, -0.05) is 0 Å². The summed E-state index contributed by atoms with van der Waals surface area (Å²) in [5, 5.41) is 9.02. The topological polar surface area (TPSA) is 118 Å². The SMILES string of the molecule is Cc1[nH]nc(C(=O)Nc2ccc(S(C)(=O)=O)cc2)c1N. The highest BCUT2D eigenvalue weighted by atomic mass is 32.2. The van der Waals surface area contributed by atoms with Crippen molar-refractivity contribution >= 4 is 27.1 Å². The van der Waals surface area contributed by atoms with Crippen LogP contribution in [0.5, 0.6) is 0 Å². The highest BCUT2D eigenvalue weighted by Gasteiger charge is 2.15. The van der Waals surface area contributed by atoms with Crippen molar-refractivity contribution in [3.8, 4) is 0 Å². The molecule has 0 aliphatic heterocycles. The molecule has 0 atom stereocenters. The predicted molar refractivity (Wildman–Crippen MR) is 75.2 cm³/mol. The van der Waals surface area contributed by atoms with Crippen molar-refractivity contribution in [2.24, 2.45) is 0 Å². The lowest BCUT2D eigenvalue weighted by Gasteiger charge is -2.05. The van der Waals surface area contributed by atoms with Crippen LogP contribution in [-0.4, -0.2) is 30.8 Å². The number of nitrogen functional groups attached to an aromatic ring is 1. The lowest BCUT2D eigenvalue weighted by molar-refractivity contribution is 0.102. The first-order chi connectivity index (χ1) is 9.29. The van der Waals surface area contributed by atoms with E-state index in [-0.39, 0.29) is 16.3 Å². The highest BCUT2D eigenvalue weighted by Crippen LogP contribution is 2.17. The van der Waals surface area contributed by atoms with Crippen molar-refractivity contribution in [1.29, 1.82) is 0 Å². The van der Waals surface area contributed by atoms with Gasteiger partial charge < -0.3 is 11.1 Å². The molecule has 1 heterocycles. The van der Waals surface area contributed by atoms with Gasteiger partial charge in [-0.05, 0) is 31.2 Å². The van der Waals surface area contributed by atoms with Gasteiger partial charge in [0.1, 0.15) is 0 Å². The van der Waals surface area contributed by atoms with Crippen LogP contribution in [0.1, 0.15) is 16.2 Å². The van der Waals surface area contributed by atoms with E-state index < -0.39 is 15.7 Å². The van der Waals surface area contributed by atoms with Gasteiger partial charge in [-0.3, -0.25) is 9.89 Å². The molecule has 0 unspecified atom stereocenters. The average Bonchev–Trinajstić information content (AvgIpc) is 2.69. The molecule has 4 N–H and O–H groups in total. The second-order valence-electron chi connectivity index (χ2n) is 4.36. The molecule has 8 heteroatoms. The molecule has 1 aromatic carbocycles. The van der Waals surface area contributed by atoms with Crippen LogP contribution in [0.2, 0.25) is 0 Å². The molecule has 2 aromatic rings. The van der Waals surface area contributed by atoms with E-state index in [0.29, 0.717) is 11.4 Å². The summed E-state index contributed by atoms with van der Waals surface area (Å²) in [6.45, 7) is 1.71. The number of aromatic nitrogens is 2. The maximum atomic E-state index is 11.9. The number of sulfone groups is 1. The molecule has 0 fully saturated rings. The quantitative estimate of drug-likeness (QED) is 0.779. The van der Waals surface area contributed by atoms with Crippen LogP contribution in [-0.2, 0) is 9.84 Å². The summed E-state index contributed by atoms with van der Waals surface area (Å²) in [6, 6.07) is 5.85. The van der Waals surface area contributed by atoms with Crippen LogP contribution in [0.25, 0.3) is 0 Å². The Balaban J connectivity index is 2.19. The van der Waals surface area contributed by atoms with Gasteiger partial charge in [0.15, 0.2) is 15.5 Å². The van der Waals surface area contributed by atoms with Gasteiger partial charge >= 0.3 is 0 Å². The van der Waals surface area contributed by atoms with Crippen LogP contribution in [0.15, 0.2) is 29.2 Å². The summed E-state index contributed by atoms with van der Waals surface area (Å²) < 4.78 is 22.6. The van der Waals surface area contributed by atoms with Crippen LogP contribution in [0.4, 0.5) is 11.4 Å². The zero-order valence-electron chi connectivity index (χ0n) is 11.0. The zero-order chi connectivity index (χ0) is 14.9. The zero-order valence-corrected chi connectivity index (χ0v) is 11.8. The second-order valence-corrected chi connectivity index (χ2v) is 6.38. The van der Waals surface area contributed by atoms with Gasteiger partial charge in [0, 0.05) is 11.9 Å². The lowest BCUT2D eigenvalue weighted by Crippen LogP contribution is -2.14. The van der Waals surface area contributed by atoms with E-state index in [0.717, 1.165) is 6.26 Å². The molecule has 1 aromatic heterocycles. The van der Waals surface area contributed by atoms with Crippen LogP contribution < -0.4 is 11.1 Å². The van der Waals surface area contributed by atoms with Gasteiger partial charge in [0.2, 0.25) is 0 Å². The molecule has 0 saturated heterocycles. The molecule has 0 aliphatic rings. The number of carbonyl (C=O) groups is 1. The van der Waals surface area contributed by atoms with Gasteiger partial charge in [-0.25, -0.2) is 8.42 Å². The number of hydrogen-bond donors (Lipinski definition) is 3. The van der Waals surface area contributed by atoms with Crippen LogP contribution in [0, 0.1) is 6.92 Å². The summed E-state index contributed by atoms with van der Waals surface area (Å²) in [5.41, 5.74) is 7.17. The minimum absolute atomic E-state index is 0.106. The molecule has 106 valence electrons. The third-order valence-electron chi connectivity index (χ3n) is 2.75. The van der Waals surface area contributed by atoms with E-state index in [1.54, 1.807) is 6.92 Å². The molecule has 0 spiro atoms. The first-order valence-electron chi connectivity index (χ1n) is 5.71. The average molecular weight is 294 g/mol. The maximum absolute atomic E-state index is 11.9. The van der Waals surface area contributed by atoms with E-state index in [1.165, 1.54) is 24.3 Å². The number of nitrogens with zero attached hydrogens (tertiary/aromatic N) is 1. The minimum atomic E-state index is -3.25. The number of amides is 1. The summed E-state index contributed by atoms with van der Waals surface area (Å²) in [7, 11) is -3.25. The van der Waals surface area contributed by atoms with Crippen LogP contribution >= 0.6 is 0 Å². The first kappa shape index (κ1) is 14.1. The smallest absolute Gasteiger partial charge is 0.278 e. The van der Waals surface area contributed by atoms with Crippen molar-refractivity contribution in [2.75, 3.05) is 17.3 Å². The number of carbonyl (C=O) groups excluding carboxylic acids is 1. The second kappa shape index (κ2) is 4.97. The molecule has 20 heavy (non-hydrogen) atoms. The normalized spacial score (nSPS) is 11.3. The number of rotatable bonds is 3. The fourth-order valence-electron chi connectivity index (χ4n) is 1.59. The van der Waals surface area contributed by atoms with Crippen molar-refractivity contribution in [3.63, 3.8) is 0 Å². The number of nitrogens with two attached hydrogens (primary N) is 1. The third-order valence-corrected chi connectivity index (χ3v) is 3.88. The van der Waals surface area contributed by atoms with E-state index in [9.17, 15) is 13.2 Å². The Labute approximate surface area is 116 Å². The van der Waals surface area contributed by atoms with Gasteiger partial charge in [0.05, 0.1) is 16.3 Å². The van der Waals surface area contributed by atoms with Crippen molar-refractivity contribution < 1.29 is 13.2 Å². The number of anilines is 2. The molecule has 0 saturated carbocycles. The number of aryl methyl sites for hydroxylation is 1. The fraction of sp³-hybridized carbons (Fsp3) is 0.167. The first-order valence-corrected chi connectivity index (χ1v) is 7.60. The summed E-state index contributed by atoms with van der Waals surface area (Å²) in [4.78, 5) is 12.1. The number of aromatic amines is 1. The third kappa shape index (κ3) is 2.80. The molecular formula is C12H14N4O3S. The predicted octanol–water partition coefficient (Wildman–Crippen LogP) is 0.956.